The molecular formula is C13H10FN3O4. The third-order valence-corrected chi connectivity index (χ3v) is 2.61. The Morgan fingerprint density at radius 2 is 2.10 bits per heavy atom. The molecule has 7 nitrogen and oxygen atoms in total. The third-order valence-electron chi connectivity index (χ3n) is 2.61. The van der Waals surface area contributed by atoms with Gasteiger partial charge in [0.25, 0.3) is 0 Å². The number of halogens is 1. The molecule has 0 aliphatic carbocycles. The highest BCUT2D eigenvalue weighted by atomic mass is 19.1. The van der Waals surface area contributed by atoms with Crippen molar-refractivity contribution >= 4 is 17.6 Å². The molecule has 8 heteroatoms. The second-order valence-corrected chi connectivity index (χ2v) is 4.05. The quantitative estimate of drug-likeness (QED) is 0.864. The first-order chi connectivity index (χ1) is 9.99. The number of aromatic nitrogens is 2. The van der Waals surface area contributed by atoms with E-state index in [1.165, 1.54) is 24.5 Å². The van der Waals surface area contributed by atoms with Crippen molar-refractivity contribution in [1.82, 2.24) is 9.55 Å². The van der Waals surface area contributed by atoms with Crippen LogP contribution in [0.25, 0.3) is 0 Å². The minimum absolute atomic E-state index is 0.373. The molecule has 0 atom stereocenters. The number of aromatic carboxylic acids is 1. The fourth-order valence-electron chi connectivity index (χ4n) is 1.67. The molecule has 2 N–H and O–H groups in total. The van der Waals surface area contributed by atoms with Gasteiger partial charge in [-0.2, -0.15) is 0 Å². The van der Waals surface area contributed by atoms with E-state index in [1.807, 2.05) is 0 Å². The van der Waals surface area contributed by atoms with Crippen molar-refractivity contribution in [3.63, 3.8) is 0 Å². The fraction of sp³-hybridized carbons (Fsp3) is 0.0769. The summed E-state index contributed by atoms with van der Waals surface area (Å²) in [6.07, 6.45) is 2.62. The van der Waals surface area contributed by atoms with E-state index < -0.39 is 35.6 Å². The number of benzene rings is 1. The van der Waals surface area contributed by atoms with Gasteiger partial charge in [0.2, 0.25) is 5.91 Å². The molecule has 0 unspecified atom stereocenters. The van der Waals surface area contributed by atoms with Crippen molar-refractivity contribution in [3.8, 4) is 0 Å². The van der Waals surface area contributed by atoms with Gasteiger partial charge in [-0.1, -0.05) is 6.07 Å². The average Bonchev–Trinajstić information content (AvgIpc) is 2.43. The first-order valence-electron chi connectivity index (χ1n) is 5.82. The maximum absolute atomic E-state index is 13.6. The molecule has 0 bridgehead atoms. The summed E-state index contributed by atoms with van der Waals surface area (Å²) in [6, 6.07) is 4.87. The van der Waals surface area contributed by atoms with Crippen LogP contribution in [0.1, 0.15) is 10.4 Å². The highest BCUT2D eigenvalue weighted by molar-refractivity contribution is 6.00. The monoisotopic (exact) mass is 291 g/mol. The predicted molar refractivity (Wildman–Crippen MR) is 70.5 cm³/mol. The van der Waals surface area contributed by atoms with Gasteiger partial charge < -0.3 is 10.4 Å². The Hall–Kier alpha value is -3.03. The number of amides is 1. The van der Waals surface area contributed by atoms with E-state index in [0.29, 0.717) is 0 Å². The topological polar surface area (TPSA) is 101 Å². The number of nitrogens with one attached hydrogen (secondary N) is 1. The van der Waals surface area contributed by atoms with Gasteiger partial charge in [0.1, 0.15) is 12.4 Å². The largest absolute Gasteiger partial charge is 0.478 e. The number of nitrogens with zero attached hydrogens (tertiary/aromatic N) is 2. The average molecular weight is 291 g/mol. The molecule has 0 aliphatic rings. The van der Waals surface area contributed by atoms with Crippen LogP contribution in [-0.4, -0.2) is 26.5 Å². The molecule has 108 valence electrons. The lowest BCUT2D eigenvalue weighted by molar-refractivity contribution is -0.116. The van der Waals surface area contributed by atoms with Crippen molar-refractivity contribution in [2.75, 3.05) is 5.32 Å². The van der Waals surface area contributed by atoms with E-state index in [2.05, 4.69) is 10.3 Å². The molecule has 1 amide bonds. The van der Waals surface area contributed by atoms with E-state index >= 15 is 0 Å². The summed E-state index contributed by atoms with van der Waals surface area (Å²) in [5.41, 5.74) is -1.45. The van der Waals surface area contributed by atoms with Gasteiger partial charge >= 0.3 is 11.7 Å². The molecule has 0 fully saturated rings. The van der Waals surface area contributed by atoms with Gasteiger partial charge in [-0.25, -0.2) is 19.0 Å². The number of para-hydroxylation sites is 1. The Balaban J connectivity index is 2.23. The summed E-state index contributed by atoms with van der Waals surface area (Å²) in [4.78, 5) is 37.6. The summed E-state index contributed by atoms with van der Waals surface area (Å²) in [6.45, 7) is -0.403. The SMILES string of the molecule is O=C(Cn1cccnc1=O)Nc1c(F)cccc1C(=O)O. The molecule has 0 radical (unpaired) electrons. The predicted octanol–water partition coefficient (Wildman–Crippen LogP) is 0.719. The number of anilines is 1. The van der Waals surface area contributed by atoms with Crippen molar-refractivity contribution in [2.45, 2.75) is 6.54 Å². The summed E-state index contributed by atoms with van der Waals surface area (Å²) in [5.74, 6) is -2.98. The van der Waals surface area contributed by atoms with E-state index in [0.717, 1.165) is 16.7 Å². The first-order valence-corrected chi connectivity index (χ1v) is 5.82. The summed E-state index contributed by atoms with van der Waals surface area (Å²) < 4.78 is 14.6. The molecule has 0 saturated heterocycles. The smallest absolute Gasteiger partial charge is 0.347 e. The first kappa shape index (κ1) is 14.4. The van der Waals surface area contributed by atoms with Crippen LogP contribution in [0.3, 0.4) is 0 Å². The minimum Gasteiger partial charge on any atom is -0.478 e. The Kier molecular flexibility index (Phi) is 4.07. The molecule has 1 aromatic carbocycles. The summed E-state index contributed by atoms with van der Waals surface area (Å²) >= 11 is 0. The van der Waals surface area contributed by atoms with Crippen LogP contribution in [0.5, 0.6) is 0 Å². The van der Waals surface area contributed by atoms with E-state index in [4.69, 9.17) is 5.11 Å². The van der Waals surface area contributed by atoms with Crippen LogP contribution >= 0.6 is 0 Å². The lowest BCUT2D eigenvalue weighted by Crippen LogP contribution is -2.29. The van der Waals surface area contributed by atoms with E-state index in [-0.39, 0.29) is 5.56 Å². The number of carboxylic acids is 1. The number of carbonyl (C=O) groups is 2. The van der Waals surface area contributed by atoms with Gasteiger partial charge in [-0.15, -0.1) is 0 Å². The molecule has 1 aromatic heterocycles. The zero-order valence-electron chi connectivity index (χ0n) is 10.6. The second-order valence-electron chi connectivity index (χ2n) is 4.05. The fourth-order valence-corrected chi connectivity index (χ4v) is 1.67. The zero-order valence-corrected chi connectivity index (χ0v) is 10.6. The summed E-state index contributed by atoms with van der Waals surface area (Å²) in [7, 11) is 0. The highest BCUT2D eigenvalue weighted by Crippen LogP contribution is 2.19. The molecule has 0 saturated carbocycles. The zero-order chi connectivity index (χ0) is 15.4. The lowest BCUT2D eigenvalue weighted by Gasteiger charge is -2.10. The van der Waals surface area contributed by atoms with Gasteiger partial charge in [0.05, 0.1) is 11.3 Å². The van der Waals surface area contributed by atoms with Crippen LogP contribution in [0.15, 0.2) is 41.5 Å². The number of rotatable bonds is 4. The number of carboxylic acid groups (broad SMARTS) is 1. The maximum atomic E-state index is 13.6. The van der Waals surface area contributed by atoms with Gasteiger partial charge in [-0.05, 0) is 18.2 Å². The van der Waals surface area contributed by atoms with Crippen molar-refractivity contribution in [3.05, 3.63) is 58.5 Å². The van der Waals surface area contributed by atoms with E-state index in [9.17, 15) is 18.8 Å². The second kappa shape index (κ2) is 5.95. The maximum Gasteiger partial charge on any atom is 0.347 e. The van der Waals surface area contributed by atoms with Crippen molar-refractivity contribution in [2.24, 2.45) is 0 Å². The standard InChI is InChI=1S/C13H10FN3O4/c14-9-4-1-3-8(12(19)20)11(9)16-10(18)7-17-6-2-5-15-13(17)21/h1-6H,7H2,(H,16,18)(H,19,20). The van der Waals surface area contributed by atoms with Crippen LogP contribution in [0.2, 0.25) is 0 Å². The Labute approximate surface area is 117 Å². The van der Waals surface area contributed by atoms with Gasteiger partial charge in [0, 0.05) is 12.4 Å². The molecule has 2 aromatic rings. The Bertz CT molecular complexity index is 757. The number of hydrogen-bond donors (Lipinski definition) is 2. The lowest BCUT2D eigenvalue weighted by atomic mass is 10.1. The molecular weight excluding hydrogens is 281 g/mol. The normalized spacial score (nSPS) is 10.1. The molecule has 0 aliphatic heterocycles. The molecule has 21 heavy (non-hydrogen) atoms. The third kappa shape index (κ3) is 3.30. The van der Waals surface area contributed by atoms with E-state index in [1.54, 1.807) is 0 Å². The molecule has 1 heterocycles. The summed E-state index contributed by atoms with van der Waals surface area (Å²) in [5, 5.41) is 11.1. The molecule has 2 rings (SSSR count). The molecule has 0 spiro atoms. The number of hydrogen-bond acceptors (Lipinski definition) is 4. The van der Waals surface area contributed by atoms with Crippen molar-refractivity contribution in [1.29, 1.82) is 0 Å². The van der Waals surface area contributed by atoms with Crippen LogP contribution in [0.4, 0.5) is 10.1 Å². The van der Waals surface area contributed by atoms with Crippen molar-refractivity contribution < 1.29 is 19.1 Å². The van der Waals surface area contributed by atoms with Crippen LogP contribution in [-0.2, 0) is 11.3 Å². The van der Waals surface area contributed by atoms with Crippen LogP contribution in [0, 0.1) is 5.82 Å². The Morgan fingerprint density at radius 1 is 1.33 bits per heavy atom. The van der Waals surface area contributed by atoms with Crippen LogP contribution < -0.4 is 11.0 Å². The highest BCUT2D eigenvalue weighted by Gasteiger charge is 2.16. The van der Waals surface area contributed by atoms with Gasteiger partial charge in [0.15, 0.2) is 0 Å². The Morgan fingerprint density at radius 3 is 2.76 bits per heavy atom. The van der Waals surface area contributed by atoms with Gasteiger partial charge in [-0.3, -0.25) is 9.36 Å². The number of carbonyl (C=O) groups excluding carboxylic acids is 1. The minimum atomic E-state index is -1.37.